The van der Waals surface area contributed by atoms with Crippen molar-refractivity contribution in [3.63, 3.8) is 0 Å². The predicted octanol–water partition coefficient (Wildman–Crippen LogP) is -1.78. The number of aliphatic hydroxyl groups is 1. The summed E-state index contributed by atoms with van der Waals surface area (Å²) in [5.74, 6) is 0. The first-order valence-corrected chi connectivity index (χ1v) is 3.76. The van der Waals surface area contributed by atoms with Crippen LogP contribution in [-0.4, -0.2) is 16.7 Å². The fraction of sp³-hybridized carbons (Fsp3) is 0.556. The van der Waals surface area contributed by atoms with Crippen LogP contribution in [0.5, 0.6) is 0 Å². The molecule has 0 radical (unpaired) electrons. The van der Waals surface area contributed by atoms with Gasteiger partial charge in [0.15, 0.2) is 0 Å². The second kappa shape index (κ2) is 6.23. The van der Waals surface area contributed by atoms with E-state index in [0.29, 0.717) is 12.8 Å². The molecule has 0 spiro atoms. The lowest BCUT2D eigenvalue weighted by Gasteiger charge is -2.29. The zero-order valence-electron chi connectivity index (χ0n) is 7.46. The molecule has 3 heteroatoms. The molecule has 0 rings (SSSR count). The first-order valence-electron chi connectivity index (χ1n) is 3.76. The van der Waals surface area contributed by atoms with Gasteiger partial charge in [-0.25, -0.2) is 0 Å². The topological polar surface area (TPSA) is 46.2 Å². The molecule has 72 valence electrons. The van der Waals surface area contributed by atoms with Crippen LogP contribution in [0.25, 0.3) is 0 Å². The first-order chi connectivity index (χ1) is 5.06. The van der Waals surface area contributed by atoms with Crippen LogP contribution in [0.4, 0.5) is 0 Å². The van der Waals surface area contributed by atoms with E-state index in [0.717, 1.165) is 0 Å². The Morgan fingerprint density at radius 2 is 1.75 bits per heavy atom. The van der Waals surface area contributed by atoms with Gasteiger partial charge in [-0.2, -0.15) is 0 Å². The quantitative estimate of drug-likeness (QED) is 0.504. The predicted molar refractivity (Wildman–Crippen MR) is 48.2 cm³/mol. The summed E-state index contributed by atoms with van der Waals surface area (Å²) in [6.45, 7) is 8.91. The number of hydrogen-bond acceptors (Lipinski definition) is 2. The molecular weight excluding hydrogens is 174 g/mol. The number of nitrogens with two attached hydrogens (primary N) is 1. The Morgan fingerprint density at radius 1 is 1.42 bits per heavy atom. The van der Waals surface area contributed by atoms with Crippen molar-refractivity contribution in [2.24, 2.45) is 5.73 Å². The molecule has 0 aliphatic rings. The van der Waals surface area contributed by atoms with Crippen LogP contribution < -0.4 is 18.1 Å². The molecule has 3 N–H and O–H groups in total. The molecule has 0 bridgehead atoms. The van der Waals surface area contributed by atoms with Crippen LogP contribution in [0, 0.1) is 0 Å². The Bertz CT molecular complexity index is 135. The molecule has 0 aliphatic heterocycles. The third kappa shape index (κ3) is 3.90. The Morgan fingerprint density at radius 3 is 1.92 bits per heavy atom. The summed E-state index contributed by atoms with van der Waals surface area (Å²) in [4.78, 5) is 0. The maximum absolute atomic E-state index is 9.82. The zero-order valence-corrected chi connectivity index (χ0v) is 8.22. The molecule has 0 aromatic rings. The Kier molecular flexibility index (Phi) is 7.39. The molecular formula is C9H17ClNO-. The SMILES string of the molecule is C=CCC(O)(CC=C)C(C)N.[Cl-]. The van der Waals surface area contributed by atoms with Gasteiger partial charge in [0.1, 0.15) is 0 Å². The van der Waals surface area contributed by atoms with E-state index in [4.69, 9.17) is 5.73 Å². The van der Waals surface area contributed by atoms with Gasteiger partial charge in [0.25, 0.3) is 0 Å². The van der Waals surface area contributed by atoms with Crippen molar-refractivity contribution >= 4 is 0 Å². The molecule has 0 aromatic carbocycles. The summed E-state index contributed by atoms with van der Waals surface area (Å²) in [7, 11) is 0. The second-order valence-corrected chi connectivity index (χ2v) is 2.88. The fourth-order valence-corrected chi connectivity index (χ4v) is 0.955. The molecule has 0 heterocycles. The summed E-state index contributed by atoms with van der Waals surface area (Å²) in [6, 6.07) is -0.251. The first kappa shape index (κ1) is 14.2. The zero-order chi connectivity index (χ0) is 8.91. The van der Waals surface area contributed by atoms with Crippen molar-refractivity contribution < 1.29 is 17.5 Å². The van der Waals surface area contributed by atoms with Crippen LogP contribution in [0.15, 0.2) is 25.3 Å². The molecule has 0 fully saturated rings. The van der Waals surface area contributed by atoms with Gasteiger partial charge in [-0.3, -0.25) is 0 Å². The van der Waals surface area contributed by atoms with Crippen LogP contribution in [-0.2, 0) is 0 Å². The van der Waals surface area contributed by atoms with E-state index >= 15 is 0 Å². The lowest BCUT2D eigenvalue weighted by atomic mass is 9.89. The van der Waals surface area contributed by atoms with Crippen LogP contribution in [0.1, 0.15) is 19.8 Å². The van der Waals surface area contributed by atoms with E-state index in [1.165, 1.54) is 0 Å². The third-order valence-corrected chi connectivity index (χ3v) is 1.84. The molecule has 0 saturated heterocycles. The highest BCUT2D eigenvalue weighted by atomic mass is 35.5. The minimum Gasteiger partial charge on any atom is -1.00 e. The Hall–Kier alpha value is -0.310. The molecule has 1 atom stereocenters. The molecule has 2 nitrogen and oxygen atoms in total. The lowest BCUT2D eigenvalue weighted by molar-refractivity contribution is -0.0000150. The van der Waals surface area contributed by atoms with Crippen LogP contribution in [0.2, 0.25) is 0 Å². The van der Waals surface area contributed by atoms with E-state index in [9.17, 15) is 5.11 Å². The number of hydrogen-bond donors (Lipinski definition) is 2. The van der Waals surface area contributed by atoms with E-state index in [-0.39, 0.29) is 18.4 Å². The normalized spacial score (nSPS) is 12.9. The smallest absolute Gasteiger partial charge is 0.0863 e. The van der Waals surface area contributed by atoms with Crippen molar-refractivity contribution in [3.05, 3.63) is 25.3 Å². The van der Waals surface area contributed by atoms with E-state index in [2.05, 4.69) is 13.2 Å². The van der Waals surface area contributed by atoms with Crippen molar-refractivity contribution in [1.82, 2.24) is 0 Å². The molecule has 0 saturated carbocycles. The lowest BCUT2D eigenvalue weighted by Crippen LogP contribution is -3.00. The average molecular weight is 191 g/mol. The molecule has 1 unspecified atom stereocenters. The largest absolute Gasteiger partial charge is 1.00 e. The molecule has 0 amide bonds. The second-order valence-electron chi connectivity index (χ2n) is 2.88. The highest BCUT2D eigenvalue weighted by Crippen LogP contribution is 2.19. The maximum Gasteiger partial charge on any atom is 0.0863 e. The standard InChI is InChI=1S/C9H17NO.ClH/c1-4-6-9(11,7-5-2)8(3)10;/h4-5,8,11H,1-2,6-7,10H2,3H3;1H/p-1. The highest BCUT2D eigenvalue weighted by Gasteiger charge is 2.27. The van der Waals surface area contributed by atoms with Crippen LogP contribution >= 0.6 is 0 Å². The molecule has 0 aliphatic carbocycles. The van der Waals surface area contributed by atoms with Gasteiger partial charge >= 0.3 is 0 Å². The number of halogens is 1. The monoisotopic (exact) mass is 190 g/mol. The summed E-state index contributed by atoms with van der Waals surface area (Å²) >= 11 is 0. The van der Waals surface area contributed by atoms with E-state index in [1.54, 1.807) is 19.1 Å². The Balaban J connectivity index is 0. The van der Waals surface area contributed by atoms with Gasteiger partial charge in [0, 0.05) is 6.04 Å². The molecule has 0 aromatic heterocycles. The van der Waals surface area contributed by atoms with E-state index < -0.39 is 5.60 Å². The van der Waals surface area contributed by atoms with Crippen molar-refractivity contribution in [2.45, 2.75) is 31.4 Å². The number of rotatable bonds is 5. The fourth-order valence-electron chi connectivity index (χ4n) is 0.955. The Labute approximate surface area is 80.6 Å². The summed E-state index contributed by atoms with van der Waals surface area (Å²) in [5.41, 5.74) is 4.74. The maximum atomic E-state index is 9.82. The third-order valence-electron chi connectivity index (χ3n) is 1.84. The highest BCUT2D eigenvalue weighted by molar-refractivity contribution is 4.96. The van der Waals surface area contributed by atoms with Crippen molar-refractivity contribution in [3.8, 4) is 0 Å². The van der Waals surface area contributed by atoms with Gasteiger partial charge in [0.05, 0.1) is 5.60 Å². The summed E-state index contributed by atoms with van der Waals surface area (Å²) < 4.78 is 0. The van der Waals surface area contributed by atoms with Crippen molar-refractivity contribution in [2.75, 3.05) is 0 Å². The minimum atomic E-state index is -0.858. The van der Waals surface area contributed by atoms with E-state index in [1.807, 2.05) is 0 Å². The van der Waals surface area contributed by atoms with Gasteiger partial charge in [0.2, 0.25) is 0 Å². The van der Waals surface area contributed by atoms with Crippen LogP contribution in [0.3, 0.4) is 0 Å². The molecule has 12 heavy (non-hydrogen) atoms. The minimum absolute atomic E-state index is 0. The van der Waals surface area contributed by atoms with Gasteiger partial charge in [-0.15, -0.1) is 13.2 Å². The average Bonchev–Trinajstić information content (AvgIpc) is 1.88. The van der Waals surface area contributed by atoms with Gasteiger partial charge < -0.3 is 23.2 Å². The summed E-state index contributed by atoms with van der Waals surface area (Å²) in [5, 5.41) is 9.82. The van der Waals surface area contributed by atoms with Gasteiger partial charge in [-0.05, 0) is 19.8 Å². The van der Waals surface area contributed by atoms with Crippen molar-refractivity contribution in [1.29, 1.82) is 0 Å². The summed E-state index contributed by atoms with van der Waals surface area (Å²) in [6.07, 6.45) is 4.37. The van der Waals surface area contributed by atoms with Gasteiger partial charge in [-0.1, -0.05) is 12.2 Å².